The molecule has 0 saturated carbocycles. The van der Waals surface area contributed by atoms with Crippen molar-refractivity contribution < 1.29 is 9.21 Å². The Bertz CT molecular complexity index is 828. The SMILES string of the molecule is C[C@@H](CCc1ccccc1)NC(=O)c1ncoc1-c1ccc(Cl)cc1. The number of aromatic nitrogens is 1. The Kier molecular flexibility index (Phi) is 5.51. The lowest BCUT2D eigenvalue weighted by Crippen LogP contribution is -2.33. The predicted molar refractivity (Wildman–Crippen MR) is 98.6 cm³/mol. The van der Waals surface area contributed by atoms with Gasteiger partial charge in [-0.25, -0.2) is 4.98 Å². The monoisotopic (exact) mass is 354 g/mol. The van der Waals surface area contributed by atoms with Gasteiger partial charge in [-0.05, 0) is 49.6 Å². The smallest absolute Gasteiger partial charge is 0.274 e. The van der Waals surface area contributed by atoms with Gasteiger partial charge >= 0.3 is 0 Å². The van der Waals surface area contributed by atoms with Crippen LogP contribution in [-0.2, 0) is 6.42 Å². The standard InChI is InChI=1S/C20H19ClN2O2/c1-14(7-8-15-5-3-2-4-6-15)23-20(24)18-19(25-13-22-18)16-9-11-17(21)12-10-16/h2-6,9-14H,7-8H2,1H3,(H,23,24)/t14-/m0/s1. The summed E-state index contributed by atoms with van der Waals surface area (Å²) < 4.78 is 5.41. The maximum Gasteiger partial charge on any atom is 0.274 e. The number of hydrogen-bond donors (Lipinski definition) is 1. The summed E-state index contributed by atoms with van der Waals surface area (Å²) in [7, 11) is 0. The lowest BCUT2D eigenvalue weighted by molar-refractivity contribution is 0.0934. The third-order valence-corrected chi connectivity index (χ3v) is 4.23. The minimum atomic E-state index is -0.237. The maximum absolute atomic E-state index is 12.5. The molecule has 25 heavy (non-hydrogen) atoms. The fourth-order valence-electron chi connectivity index (χ4n) is 2.61. The van der Waals surface area contributed by atoms with Gasteiger partial charge in [-0.2, -0.15) is 0 Å². The van der Waals surface area contributed by atoms with E-state index in [2.05, 4.69) is 22.4 Å². The second-order valence-electron chi connectivity index (χ2n) is 5.94. The number of rotatable bonds is 6. The summed E-state index contributed by atoms with van der Waals surface area (Å²) in [5, 5.41) is 3.62. The van der Waals surface area contributed by atoms with Crippen LogP contribution in [-0.4, -0.2) is 16.9 Å². The van der Waals surface area contributed by atoms with Crippen LogP contribution in [0.2, 0.25) is 5.02 Å². The minimum Gasteiger partial charge on any atom is -0.443 e. The van der Waals surface area contributed by atoms with Gasteiger partial charge in [-0.15, -0.1) is 0 Å². The second-order valence-corrected chi connectivity index (χ2v) is 6.37. The Labute approximate surface area is 151 Å². The van der Waals surface area contributed by atoms with Gasteiger partial charge in [0.05, 0.1) is 0 Å². The molecule has 4 nitrogen and oxygen atoms in total. The van der Waals surface area contributed by atoms with Gasteiger partial charge in [0.1, 0.15) is 0 Å². The molecule has 3 aromatic rings. The highest BCUT2D eigenvalue weighted by molar-refractivity contribution is 6.30. The van der Waals surface area contributed by atoms with Crippen molar-refractivity contribution in [3.05, 3.63) is 77.3 Å². The van der Waals surface area contributed by atoms with Crippen LogP contribution in [0.25, 0.3) is 11.3 Å². The first-order valence-electron chi connectivity index (χ1n) is 8.17. The average molecular weight is 355 g/mol. The third-order valence-electron chi connectivity index (χ3n) is 3.98. The molecule has 1 N–H and O–H groups in total. The fourth-order valence-corrected chi connectivity index (χ4v) is 2.73. The first kappa shape index (κ1) is 17.2. The van der Waals surface area contributed by atoms with Gasteiger partial charge in [0, 0.05) is 16.6 Å². The molecule has 3 rings (SSSR count). The van der Waals surface area contributed by atoms with Crippen molar-refractivity contribution in [2.75, 3.05) is 0 Å². The molecule has 0 bridgehead atoms. The molecular formula is C20H19ClN2O2. The molecule has 0 saturated heterocycles. The molecule has 1 aromatic heterocycles. The van der Waals surface area contributed by atoms with Crippen LogP contribution in [0.3, 0.4) is 0 Å². The van der Waals surface area contributed by atoms with E-state index in [1.165, 1.54) is 12.0 Å². The minimum absolute atomic E-state index is 0.0301. The third kappa shape index (κ3) is 4.48. The Morgan fingerprint density at radius 1 is 1.16 bits per heavy atom. The van der Waals surface area contributed by atoms with Crippen LogP contribution >= 0.6 is 11.6 Å². The molecule has 0 aliphatic carbocycles. The average Bonchev–Trinajstić information content (AvgIpc) is 3.11. The number of benzene rings is 2. The highest BCUT2D eigenvalue weighted by Crippen LogP contribution is 2.24. The van der Waals surface area contributed by atoms with Crippen molar-refractivity contribution in [1.29, 1.82) is 0 Å². The van der Waals surface area contributed by atoms with E-state index in [-0.39, 0.29) is 17.6 Å². The van der Waals surface area contributed by atoms with Crippen LogP contribution in [0.5, 0.6) is 0 Å². The van der Waals surface area contributed by atoms with Crippen LogP contribution in [0.1, 0.15) is 29.4 Å². The molecule has 0 radical (unpaired) electrons. The Morgan fingerprint density at radius 2 is 1.88 bits per heavy atom. The molecule has 0 spiro atoms. The summed E-state index contributed by atoms with van der Waals surface area (Å²) in [6.07, 6.45) is 3.04. The molecule has 1 heterocycles. The zero-order valence-corrected chi connectivity index (χ0v) is 14.7. The van der Waals surface area contributed by atoms with Crippen LogP contribution < -0.4 is 5.32 Å². The molecule has 2 aromatic carbocycles. The quantitative estimate of drug-likeness (QED) is 0.695. The summed E-state index contributed by atoms with van der Waals surface area (Å²) in [5.41, 5.74) is 2.31. The predicted octanol–water partition coefficient (Wildman–Crippen LogP) is 4.75. The van der Waals surface area contributed by atoms with Gasteiger partial charge in [0.15, 0.2) is 17.8 Å². The van der Waals surface area contributed by atoms with E-state index in [9.17, 15) is 4.79 Å². The number of oxazole rings is 1. The highest BCUT2D eigenvalue weighted by Gasteiger charge is 2.19. The summed E-state index contributed by atoms with van der Waals surface area (Å²) >= 11 is 5.90. The number of hydrogen-bond acceptors (Lipinski definition) is 3. The van der Waals surface area contributed by atoms with Crippen LogP contribution in [0.4, 0.5) is 0 Å². The first-order valence-corrected chi connectivity index (χ1v) is 8.55. The van der Waals surface area contributed by atoms with Crippen molar-refractivity contribution in [3.63, 3.8) is 0 Å². The molecule has 1 atom stereocenters. The number of nitrogens with zero attached hydrogens (tertiary/aromatic N) is 1. The van der Waals surface area contributed by atoms with E-state index in [1.807, 2.05) is 25.1 Å². The molecule has 0 fully saturated rings. The molecule has 5 heteroatoms. The first-order chi connectivity index (χ1) is 12.1. The molecule has 0 aliphatic heterocycles. The van der Waals surface area contributed by atoms with Crippen LogP contribution in [0, 0.1) is 0 Å². The fraction of sp³-hybridized carbons (Fsp3) is 0.200. The molecule has 1 amide bonds. The Morgan fingerprint density at radius 3 is 2.60 bits per heavy atom. The summed E-state index contributed by atoms with van der Waals surface area (Å²) in [5.74, 6) is 0.212. The topological polar surface area (TPSA) is 55.1 Å². The van der Waals surface area contributed by atoms with E-state index < -0.39 is 0 Å². The van der Waals surface area contributed by atoms with E-state index in [1.54, 1.807) is 24.3 Å². The Hall–Kier alpha value is -2.59. The number of aryl methyl sites for hydroxylation is 1. The summed E-state index contributed by atoms with van der Waals surface area (Å²) in [4.78, 5) is 16.6. The number of carbonyl (C=O) groups is 1. The normalized spacial score (nSPS) is 11.9. The largest absolute Gasteiger partial charge is 0.443 e. The van der Waals surface area contributed by atoms with Crippen molar-refractivity contribution >= 4 is 17.5 Å². The number of amides is 1. The zero-order chi connectivity index (χ0) is 17.6. The summed E-state index contributed by atoms with van der Waals surface area (Å²) in [6, 6.07) is 17.4. The van der Waals surface area contributed by atoms with Crippen molar-refractivity contribution in [3.8, 4) is 11.3 Å². The molecular weight excluding hydrogens is 336 g/mol. The van der Waals surface area contributed by atoms with Crippen molar-refractivity contribution in [2.45, 2.75) is 25.8 Å². The molecule has 0 unspecified atom stereocenters. The second kappa shape index (κ2) is 7.99. The van der Waals surface area contributed by atoms with Crippen LogP contribution in [0.15, 0.2) is 65.4 Å². The van der Waals surface area contributed by atoms with E-state index in [0.29, 0.717) is 10.8 Å². The van der Waals surface area contributed by atoms with Gasteiger partial charge in [0.25, 0.3) is 5.91 Å². The van der Waals surface area contributed by atoms with E-state index in [0.717, 1.165) is 18.4 Å². The Balaban J connectivity index is 1.63. The van der Waals surface area contributed by atoms with Gasteiger partial charge in [0.2, 0.25) is 0 Å². The lowest BCUT2D eigenvalue weighted by atomic mass is 10.1. The van der Waals surface area contributed by atoms with Crippen molar-refractivity contribution in [1.82, 2.24) is 10.3 Å². The number of nitrogens with one attached hydrogen (secondary N) is 1. The van der Waals surface area contributed by atoms with E-state index >= 15 is 0 Å². The maximum atomic E-state index is 12.5. The highest BCUT2D eigenvalue weighted by atomic mass is 35.5. The molecule has 128 valence electrons. The molecule has 0 aliphatic rings. The van der Waals surface area contributed by atoms with Gasteiger partial charge in [-0.3, -0.25) is 4.79 Å². The van der Waals surface area contributed by atoms with Gasteiger partial charge in [-0.1, -0.05) is 41.9 Å². The summed E-state index contributed by atoms with van der Waals surface area (Å²) in [6.45, 7) is 1.99. The zero-order valence-electron chi connectivity index (χ0n) is 13.9. The van der Waals surface area contributed by atoms with E-state index in [4.69, 9.17) is 16.0 Å². The lowest BCUT2D eigenvalue weighted by Gasteiger charge is -2.13. The van der Waals surface area contributed by atoms with Crippen molar-refractivity contribution in [2.24, 2.45) is 0 Å². The number of halogens is 1. The van der Waals surface area contributed by atoms with Gasteiger partial charge < -0.3 is 9.73 Å². The number of carbonyl (C=O) groups excluding carboxylic acids is 1.